The minimum Gasteiger partial charge on any atom is -0.507 e. The minimum atomic E-state index is 0.275. The number of nitrogens with two attached hydrogens (primary N) is 1. The summed E-state index contributed by atoms with van der Waals surface area (Å²) in [5.41, 5.74) is 8.32. The summed E-state index contributed by atoms with van der Waals surface area (Å²) in [6.07, 6.45) is 0. The van der Waals surface area contributed by atoms with Gasteiger partial charge in [0.15, 0.2) is 0 Å². The number of rotatable bonds is 1. The van der Waals surface area contributed by atoms with Crippen LogP contribution >= 0.6 is 0 Å². The number of nitrogen functional groups attached to an aromatic ring is 1. The van der Waals surface area contributed by atoms with Gasteiger partial charge in [-0.15, -0.1) is 0 Å². The molecular weight excluding hydrogens is 216 g/mol. The second-order valence-electron chi connectivity index (χ2n) is 4.01. The van der Waals surface area contributed by atoms with E-state index < -0.39 is 0 Å². The zero-order valence-corrected chi connectivity index (χ0v) is 9.31. The van der Waals surface area contributed by atoms with E-state index in [0.29, 0.717) is 5.82 Å². The molecule has 2 aromatic heterocycles. The van der Waals surface area contributed by atoms with Gasteiger partial charge >= 0.3 is 0 Å². The maximum absolute atomic E-state index is 9.80. The fourth-order valence-electron chi connectivity index (χ4n) is 2.07. The summed E-state index contributed by atoms with van der Waals surface area (Å²) < 4.78 is 1.99. The molecule has 0 spiro atoms. The van der Waals surface area contributed by atoms with Crippen LogP contribution in [0.1, 0.15) is 0 Å². The van der Waals surface area contributed by atoms with Gasteiger partial charge in [0.1, 0.15) is 11.6 Å². The van der Waals surface area contributed by atoms with Crippen molar-refractivity contribution >= 4 is 16.7 Å². The zero-order valence-electron chi connectivity index (χ0n) is 9.31. The van der Waals surface area contributed by atoms with Crippen molar-refractivity contribution in [1.82, 2.24) is 14.8 Å². The van der Waals surface area contributed by atoms with Gasteiger partial charge in [0.25, 0.3) is 0 Å². The molecule has 1 aromatic carbocycles. The molecule has 0 bridgehead atoms. The first-order chi connectivity index (χ1) is 8.16. The highest BCUT2D eigenvalue weighted by molar-refractivity contribution is 5.91. The summed E-state index contributed by atoms with van der Waals surface area (Å²) in [5.74, 6) is 0.728. The number of benzene rings is 1. The number of aromatic amines is 1. The van der Waals surface area contributed by atoms with Crippen molar-refractivity contribution in [3.63, 3.8) is 0 Å². The Morgan fingerprint density at radius 1 is 1.35 bits per heavy atom. The summed E-state index contributed by atoms with van der Waals surface area (Å²) >= 11 is 0. The van der Waals surface area contributed by atoms with Crippen LogP contribution in [0.2, 0.25) is 0 Å². The van der Waals surface area contributed by atoms with Gasteiger partial charge in [-0.25, -0.2) is 0 Å². The standard InChI is InChI=1S/C12H12N4O/c1-16-9-3-2-4-11(17)7(9)5-10(16)8-6-12(13)15-14-8/h2-6,17H,1H3,(H3,13,14,15). The van der Waals surface area contributed by atoms with Crippen LogP contribution < -0.4 is 5.73 Å². The fraction of sp³-hybridized carbons (Fsp3) is 0.0833. The van der Waals surface area contributed by atoms with Crippen molar-refractivity contribution in [2.75, 3.05) is 5.73 Å². The molecular formula is C12H12N4O. The number of anilines is 1. The summed E-state index contributed by atoms with van der Waals surface area (Å²) in [7, 11) is 1.94. The van der Waals surface area contributed by atoms with E-state index in [2.05, 4.69) is 10.2 Å². The minimum absolute atomic E-state index is 0.275. The van der Waals surface area contributed by atoms with Crippen molar-refractivity contribution in [3.8, 4) is 17.1 Å². The molecule has 86 valence electrons. The SMILES string of the molecule is Cn1c(-c2cc(N)n[nH]2)cc2c(O)cccc21. The Morgan fingerprint density at radius 2 is 2.18 bits per heavy atom. The van der Waals surface area contributed by atoms with Crippen molar-refractivity contribution < 1.29 is 5.11 Å². The maximum Gasteiger partial charge on any atom is 0.145 e. The molecule has 0 saturated carbocycles. The van der Waals surface area contributed by atoms with Gasteiger partial charge in [-0.2, -0.15) is 5.10 Å². The number of aryl methyl sites for hydroxylation is 1. The highest BCUT2D eigenvalue weighted by atomic mass is 16.3. The Morgan fingerprint density at radius 3 is 2.82 bits per heavy atom. The molecule has 5 nitrogen and oxygen atoms in total. The maximum atomic E-state index is 9.80. The van der Waals surface area contributed by atoms with E-state index >= 15 is 0 Å². The second kappa shape index (κ2) is 3.28. The molecule has 0 amide bonds. The number of phenolic OH excluding ortho intramolecular Hbond substituents is 1. The van der Waals surface area contributed by atoms with Crippen LogP contribution in [0.3, 0.4) is 0 Å². The number of hydrogen-bond acceptors (Lipinski definition) is 3. The number of hydrogen-bond donors (Lipinski definition) is 3. The van der Waals surface area contributed by atoms with Gasteiger partial charge < -0.3 is 15.4 Å². The first-order valence-electron chi connectivity index (χ1n) is 5.25. The number of H-pyrrole nitrogens is 1. The van der Waals surface area contributed by atoms with Crippen LogP contribution in [-0.4, -0.2) is 19.9 Å². The lowest BCUT2D eigenvalue weighted by Crippen LogP contribution is -1.90. The molecule has 0 radical (unpaired) electrons. The molecule has 0 aliphatic carbocycles. The van der Waals surface area contributed by atoms with Crippen LogP contribution in [-0.2, 0) is 7.05 Å². The van der Waals surface area contributed by atoms with E-state index in [1.54, 1.807) is 12.1 Å². The number of aromatic nitrogens is 3. The normalized spacial score (nSPS) is 11.1. The zero-order chi connectivity index (χ0) is 12.0. The smallest absolute Gasteiger partial charge is 0.145 e. The van der Waals surface area contributed by atoms with E-state index in [1.165, 1.54) is 0 Å². The molecule has 5 heteroatoms. The van der Waals surface area contributed by atoms with Crippen molar-refractivity contribution in [1.29, 1.82) is 0 Å². The Kier molecular flexibility index (Phi) is 1.89. The van der Waals surface area contributed by atoms with E-state index in [4.69, 9.17) is 5.73 Å². The van der Waals surface area contributed by atoms with Crippen LogP contribution in [0.5, 0.6) is 5.75 Å². The first-order valence-corrected chi connectivity index (χ1v) is 5.25. The number of phenols is 1. The molecule has 0 fully saturated rings. The van der Waals surface area contributed by atoms with Crippen LogP contribution in [0.25, 0.3) is 22.3 Å². The highest BCUT2D eigenvalue weighted by Gasteiger charge is 2.11. The second-order valence-corrected chi connectivity index (χ2v) is 4.01. The molecule has 17 heavy (non-hydrogen) atoms. The third kappa shape index (κ3) is 1.36. The predicted molar refractivity (Wildman–Crippen MR) is 66.6 cm³/mol. The van der Waals surface area contributed by atoms with Crippen molar-refractivity contribution in [2.45, 2.75) is 0 Å². The highest BCUT2D eigenvalue weighted by Crippen LogP contribution is 2.31. The monoisotopic (exact) mass is 228 g/mol. The quantitative estimate of drug-likeness (QED) is 0.594. The summed E-state index contributed by atoms with van der Waals surface area (Å²) in [6, 6.07) is 9.14. The third-order valence-corrected chi connectivity index (χ3v) is 2.94. The number of nitrogens with zero attached hydrogens (tertiary/aromatic N) is 2. The van der Waals surface area contributed by atoms with E-state index in [1.807, 2.05) is 29.8 Å². The van der Waals surface area contributed by atoms with Crippen LogP contribution in [0, 0.1) is 0 Å². The summed E-state index contributed by atoms with van der Waals surface area (Å²) in [5, 5.41) is 17.4. The van der Waals surface area contributed by atoms with Gasteiger partial charge in [-0.3, -0.25) is 5.10 Å². The largest absolute Gasteiger partial charge is 0.507 e. The molecule has 0 aliphatic heterocycles. The molecule has 0 aliphatic rings. The topological polar surface area (TPSA) is 79.9 Å². The molecule has 4 N–H and O–H groups in total. The Bertz CT molecular complexity index is 696. The van der Waals surface area contributed by atoms with Crippen LogP contribution in [0.15, 0.2) is 30.3 Å². The van der Waals surface area contributed by atoms with Crippen LogP contribution in [0.4, 0.5) is 5.82 Å². The lowest BCUT2D eigenvalue weighted by Gasteiger charge is -2.01. The van der Waals surface area contributed by atoms with Gasteiger partial charge in [0.2, 0.25) is 0 Å². The molecule has 0 unspecified atom stereocenters. The number of fused-ring (bicyclic) bond motifs is 1. The molecule has 2 heterocycles. The van der Waals surface area contributed by atoms with E-state index in [9.17, 15) is 5.11 Å². The average Bonchev–Trinajstić information content (AvgIpc) is 2.85. The van der Waals surface area contributed by atoms with E-state index in [-0.39, 0.29) is 5.75 Å². The summed E-state index contributed by atoms with van der Waals surface area (Å²) in [4.78, 5) is 0. The van der Waals surface area contributed by atoms with Gasteiger partial charge in [0, 0.05) is 18.5 Å². The number of nitrogens with one attached hydrogen (secondary N) is 1. The lowest BCUT2D eigenvalue weighted by molar-refractivity contribution is 0.481. The van der Waals surface area contributed by atoms with Crippen molar-refractivity contribution in [2.24, 2.45) is 7.05 Å². The predicted octanol–water partition coefficient (Wildman–Crippen LogP) is 1.86. The Labute approximate surface area is 97.5 Å². The first kappa shape index (κ1) is 9.77. The Hall–Kier alpha value is -2.43. The molecule has 3 aromatic rings. The summed E-state index contributed by atoms with van der Waals surface area (Å²) in [6.45, 7) is 0. The van der Waals surface area contributed by atoms with E-state index in [0.717, 1.165) is 22.3 Å². The van der Waals surface area contributed by atoms with Crippen molar-refractivity contribution in [3.05, 3.63) is 30.3 Å². The third-order valence-electron chi connectivity index (χ3n) is 2.94. The average molecular weight is 228 g/mol. The lowest BCUT2D eigenvalue weighted by atomic mass is 10.2. The molecule has 0 atom stereocenters. The Balaban J connectivity index is 2.31. The van der Waals surface area contributed by atoms with Gasteiger partial charge in [-0.1, -0.05) is 6.07 Å². The van der Waals surface area contributed by atoms with Gasteiger partial charge in [-0.05, 0) is 18.2 Å². The van der Waals surface area contributed by atoms with Gasteiger partial charge in [0.05, 0.1) is 16.9 Å². The molecule has 0 saturated heterocycles. The number of aromatic hydroxyl groups is 1. The molecule has 3 rings (SSSR count). The fourth-order valence-corrected chi connectivity index (χ4v) is 2.07.